The Bertz CT molecular complexity index is 535. The third-order valence-corrected chi connectivity index (χ3v) is 3.31. The van der Waals surface area contributed by atoms with Crippen molar-refractivity contribution in [2.75, 3.05) is 0 Å². The summed E-state index contributed by atoms with van der Waals surface area (Å²) in [5.74, 6) is 0. The molecule has 98 valence electrons. The fraction of sp³-hybridized carbons (Fsp3) is 0.500. The molecule has 2 aromatic heterocycles. The molecule has 0 aliphatic heterocycles. The van der Waals surface area contributed by atoms with Gasteiger partial charge in [-0.05, 0) is 26.8 Å². The largest absolute Gasteiger partial charge is 0.318 e. The zero-order chi connectivity index (χ0) is 13.4. The van der Waals surface area contributed by atoms with E-state index in [1.807, 2.05) is 38.6 Å². The summed E-state index contributed by atoms with van der Waals surface area (Å²) in [6.45, 7) is 6.08. The van der Waals surface area contributed by atoms with E-state index in [1.54, 1.807) is 10.9 Å². The lowest BCUT2D eigenvalue weighted by Gasteiger charge is -2.15. The molecule has 0 saturated heterocycles. The minimum Gasteiger partial charge on any atom is -0.318 e. The van der Waals surface area contributed by atoms with Gasteiger partial charge in [-0.3, -0.25) is 9.36 Å². The van der Waals surface area contributed by atoms with Gasteiger partial charge < -0.3 is 5.73 Å². The summed E-state index contributed by atoms with van der Waals surface area (Å²) in [6, 6.07) is 1.82. The molecule has 0 radical (unpaired) electrons. The first-order chi connectivity index (χ1) is 8.41. The van der Waals surface area contributed by atoms with Gasteiger partial charge in [0.05, 0.1) is 28.6 Å². The Hall–Kier alpha value is -1.33. The molecule has 0 saturated carbocycles. The number of aryl methyl sites for hydroxylation is 2. The molecule has 5 nitrogen and oxygen atoms in total. The van der Waals surface area contributed by atoms with Crippen molar-refractivity contribution in [3.8, 4) is 0 Å². The average molecular weight is 268 g/mol. The number of nitrogens with zero attached hydrogens (tertiary/aromatic N) is 4. The lowest BCUT2D eigenvalue weighted by atomic mass is 10.1. The third-order valence-electron chi connectivity index (χ3n) is 3.02. The molecule has 2 aromatic rings. The highest BCUT2D eigenvalue weighted by Gasteiger charge is 2.22. The van der Waals surface area contributed by atoms with Gasteiger partial charge in [0.25, 0.3) is 0 Å². The summed E-state index contributed by atoms with van der Waals surface area (Å²) in [5, 5.41) is 9.24. The lowest BCUT2D eigenvalue weighted by Crippen LogP contribution is -2.19. The fourth-order valence-electron chi connectivity index (χ4n) is 1.93. The van der Waals surface area contributed by atoms with E-state index in [4.69, 9.17) is 17.3 Å². The number of hydrogen-bond acceptors (Lipinski definition) is 3. The van der Waals surface area contributed by atoms with Crippen molar-refractivity contribution < 1.29 is 0 Å². The lowest BCUT2D eigenvalue weighted by molar-refractivity contribution is 0.496. The summed E-state index contributed by atoms with van der Waals surface area (Å²) in [6.07, 6.45) is 1.63. The summed E-state index contributed by atoms with van der Waals surface area (Å²) < 4.78 is 3.65. The molecular weight excluding hydrogens is 250 g/mol. The molecule has 1 atom stereocenters. The van der Waals surface area contributed by atoms with Crippen molar-refractivity contribution in [2.24, 2.45) is 12.8 Å². The van der Waals surface area contributed by atoms with E-state index in [-0.39, 0.29) is 12.1 Å². The molecule has 2 rings (SSSR count). The molecule has 0 aliphatic rings. The Morgan fingerprint density at radius 2 is 2.06 bits per heavy atom. The van der Waals surface area contributed by atoms with E-state index >= 15 is 0 Å². The van der Waals surface area contributed by atoms with Crippen LogP contribution in [0.3, 0.4) is 0 Å². The number of hydrogen-bond donors (Lipinski definition) is 1. The summed E-state index contributed by atoms with van der Waals surface area (Å²) >= 11 is 6.18. The Morgan fingerprint density at radius 3 is 2.56 bits per heavy atom. The first-order valence-corrected chi connectivity index (χ1v) is 6.28. The van der Waals surface area contributed by atoms with Crippen LogP contribution in [-0.4, -0.2) is 19.6 Å². The van der Waals surface area contributed by atoms with Crippen molar-refractivity contribution in [3.63, 3.8) is 0 Å². The Balaban J connectivity index is 2.45. The van der Waals surface area contributed by atoms with E-state index in [2.05, 4.69) is 10.2 Å². The maximum atomic E-state index is 6.26. The van der Waals surface area contributed by atoms with Crippen LogP contribution in [0.15, 0.2) is 12.3 Å². The van der Waals surface area contributed by atoms with Gasteiger partial charge in [-0.25, -0.2) is 0 Å². The monoisotopic (exact) mass is 267 g/mol. The third kappa shape index (κ3) is 2.15. The highest BCUT2D eigenvalue weighted by molar-refractivity contribution is 6.31. The first kappa shape index (κ1) is 13.1. The van der Waals surface area contributed by atoms with Crippen LogP contribution in [0.1, 0.15) is 43.0 Å². The number of nitrogens with two attached hydrogens (primary N) is 1. The van der Waals surface area contributed by atoms with Crippen LogP contribution in [-0.2, 0) is 7.05 Å². The van der Waals surface area contributed by atoms with Gasteiger partial charge in [-0.1, -0.05) is 11.6 Å². The van der Waals surface area contributed by atoms with Crippen molar-refractivity contribution in [2.45, 2.75) is 32.9 Å². The zero-order valence-electron chi connectivity index (χ0n) is 11.1. The van der Waals surface area contributed by atoms with Crippen LogP contribution in [0.25, 0.3) is 0 Å². The van der Waals surface area contributed by atoms with E-state index in [9.17, 15) is 0 Å². The molecule has 0 fully saturated rings. The molecule has 6 heteroatoms. The van der Waals surface area contributed by atoms with E-state index < -0.39 is 0 Å². The molecule has 0 amide bonds. The second-order valence-electron chi connectivity index (χ2n) is 4.73. The van der Waals surface area contributed by atoms with Gasteiger partial charge in [0, 0.05) is 18.8 Å². The molecule has 18 heavy (non-hydrogen) atoms. The Labute approximate surface area is 112 Å². The molecule has 2 heterocycles. The minimum atomic E-state index is -0.359. The van der Waals surface area contributed by atoms with Gasteiger partial charge in [0.2, 0.25) is 0 Å². The van der Waals surface area contributed by atoms with Crippen molar-refractivity contribution in [3.05, 3.63) is 34.4 Å². The van der Waals surface area contributed by atoms with Crippen LogP contribution >= 0.6 is 11.6 Å². The minimum absolute atomic E-state index is 0.211. The van der Waals surface area contributed by atoms with Crippen LogP contribution in [0, 0.1) is 6.92 Å². The van der Waals surface area contributed by atoms with E-state index in [1.165, 1.54) is 0 Å². The van der Waals surface area contributed by atoms with Gasteiger partial charge in [0.15, 0.2) is 0 Å². The van der Waals surface area contributed by atoms with Gasteiger partial charge in [-0.15, -0.1) is 0 Å². The van der Waals surface area contributed by atoms with Gasteiger partial charge >= 0.3 is 0 Å². The molecule has 1 unspecified atom stereocenters. The zero-order valence-corrected chi connectivity index (χ0v) is 11.8. The molecule has 0 aliphatic carbocycles. The van der Waals surface area contributed by atoms with Gasteiger partial charge in [0.1, 0.15) is 0 Å². The molecule has 0 aromatic carbocycles. The predicted octanol–water partition coefficient (Wildman–Crippen LogP) is 2.21. The fourth-order valence-corrected chi connectivity index (χ4v) is 2.18. The maximum absolute atomic E-state index is 6.26. The standard InChI is InChI=1S/C12H18ClN5/c1-7(2)18-12(9(13)6-15-18)11(14)10-5-8(3)17(4)16-10/h5-7,11H,14H2,1-4H3. The topological polar surface area (TPSA) is 61.7 Å². The van der Waals surface area contributed by atoms with Gasteiger partial charge in [-0.2, -0.15) is 10.2 Å². The molecule has 2 N–H and O–H groups in total. The van der Waals surface area contributed by atoms with Crippen LogP contribution in [0.5, 0.6) is 0 Å². The summed E-state index contributed by atoms with van der Waals surface area (Å²) in [5.41, 5.74) is 8.94. The second-order valence-corrected chi connectivity index (χ2v) is 5.14. The summed E-state index contributed by atoms with van der Waals surface area (Å²) in [7, 11) is 1.90. The second kappa shape index (κ2) is 4.74. The van der Waals surface area contributed by atoms with Crippen molar-refractivity contribution in [1.82, 2.24) is 19.6 Å². The Morgan fingerprint density at radius 1 is 1.39 bits per heavy atom. The number of rotatable bonds is 3. The number of aromatic nitrogens is 4. The molecule has 0 spiro atoms. The van der Waals surface area contributed by atoms with Crippen LogP contribution < -0.4 is 5.73 Å². The molecule has 0 bridgehead atoms. The normalized spacial score (nSPS) is 13.3. The van der Waals surface area contributed by atoms with E-state index in [0.717, 1.165) is 17.1 Å². The smallest absolute Gasteiger partial charge is 0.0931 e. The summed E-state index contributed by atoms with van der Waals surface area (Å²) in [4.78, 5) is 0. The highest BCUT2D eigenvalue weighted by atomic mass is 35.5. The quantitative estimate of drug-likeness (QED) is 0.927. The number of halogens is 1. The van der Waals surface area contributed by atoms with Crippen molar-refractivity contribution >= 4 is 11.6 Å². The van der Waals surface area contributed by atoms with E-state index in [0.29, 0.717) is 5.02 Å². The SMILES string of the molecule is Cc1cc(C(N)c2c(Cl)cnn2C(C)C)nn1C. The Kier molecular flexibility index (Phi) is 3.45. The van der Waals surface area contributed by atoms with Crippen LogP contribution in [0.4, 0.5) is 0 Å². The van der Waals surface area contributed by atoms with Crippen molar-refractivity contribution in [1.29, 1.82) is 0 Å². The van der Waals surface area contributed by atoms with Crippen LogP contribution in [0.2, 0.25) is 5.02 Å². The molecular formula is C12H18ClN5. The predicted molar refractivity (Wildman–Crippen MR) is 71.6 cm³/mol. The highest BCUT2D eigenvalue weighted by Crippen LogP contribution is 2.28. The average Bonchev–Trinajstić information content (AvgIpc) is 2.83. The maximum Gasteiger partial charge on any atom is 0.0931 e. The first-order valence-electron chi connectivity index (χ1n) is 5.90.